The Morgan fingerprint density at radius 2 is 2.23 bits per heavy atom. The van der Waals surface area contributed by atoms with Gasteiger partial charge in [-0.15, -0.1) is 0 Å². The van der Waals surface area contributed by atoms with Crippen LogP contribution in [0.3, 0.4) is 0 Å². The highest BCUT2D eigenvalue weighted by Crippen LogP contribution is 2.27. The topological polar surface area (TPSA) is 75.8 Å². The van der Waals surface area contributed by atoms with Crippen molar-refractivity contribution in [3.8, 4) is 6.07 Å². The molecule has 0 saturated heterocycles. The van der Waals surface area contributed by atoms with Gasteiger partial charge in [0.15, 0.2) is 0 Å². The van der Waals surface area contributed by atoms with Crippen LogP contribution in [0.2, 0.25) is 0 Å². The minimum Gasteiger partial charge on any atom is -0.364 e. The Morgan fingerprint density at radius 3 is 2.69 bits per heavy atom. The molecule has 13 heavy (non-hydrogen) atoms. The Balaban J connectivity index is 3.12. The van der Waals surface area contributed by atoms with Crippen molar-refractivity contribution in [3.63, 3.8) is 0 Å². The van der Waals surface area contributed by atoms with E-state index >= 15 is 0 Å². The Morgan fingerprint density at radius 1 is 1.62 bits per heavy atom. The Hall–Kier alpha value is -1.34. The van der Waals surface area contributed by atoms with E-state index in [0.717, 1.165) is 5.69 Å². The molecule has 0 aromatic carbocycles. The van der Waals surface area contributed by atoms with Gasteiger partial charge in [0.1, 0.15) is 12.3 Å². The van der Waals surface area contributed by atoms with Crippen molar-refractivity contribution in [3.05, 3.63) is 17.5 Å². The zero-order valence-corrected chi connectivity index (χ0v) is 8.03. The minimum atomic E-state index is -0.652. The average Bonchev–Trinajstić information content (AvgIpc) is 2.49. The summed E-state index contributed by atoms with van der Waals surface area (Å²) < 4.78 is 4.81. The molecular formula is C9H13N3O. The van der Waals surface area contributed by atoms with E-state index < -0.39 is 6.04 Å². The molecule has 4 heteroatoms. The molecule has 0 amide bonds. The van der Waals surface area contributed by atoms with Crippen LogP contribution in [0, 0.1) is 11.3 Å². The fraction of sp³-hybridized carbons (Fsp3) is 0.556. The predicted molar refractivity (Wildman–Crippen MR) is 47.7 cm³/mol. The largest absolute Gasteiger partial charge is 0.364 e. The van der Waals surface area contributed by atoms with Crippen molar-refractivity contribution >= 4 is 0 Å². The molecule has 1 heterocycles. The smallest absolute Gasteiger partial charge is 0.129 e. The molecule has 1 atom stereocenters. The van der Waals surface area contributed by atoms with E-state index in [0.29, 0.717) is 5.56 Å². The Kier molecular flexibility index (Phi) is 2.39. The van der Waals surface area contributed by atoms with Crippen LogP contribution in [-0.4, -0.2) is 5.16 Å². The maximum atomic E-state index is 8.65. The van der Waals surface area contributed by atoms with Gasteiger partial charge >= 0.3 is 0 Å². The first-order valence-electron chi connectivity index (χ1n) is 4.06. The lowest BCUT2D eigenvalue weighted by atomic mass is 9.88. The second-order valence-electron chi connectivity index (χ2n) is 3.98. The van der Waals surface area contributed by atoms with Gasteiger partial charge in [-0.05, 0) is 0 Å². The number of hydrogen-bond donors (Lipinski definition) is 1. The Bertz CT molecular complexity index is 329. The minimum absolute atomic E-state index is 0.142. The van der Waals surface area contributed by atoms with E-state index in [4.69, 9.17) is 15.5 Å². The fourth-order valence-electron chi connectivity index (χ4n) is 1.10. The third-order valence-electron chi connectivity index (χ3n) is 1.78. The summed E-state index contributed by atoms with van der Waals surface area (Å²) in [5.41, 5.74) is 6.86. The van der Waals surface area contributed by atoms with E-state index in [9.17, 15) is 0 Å². The molecule has 0 aliphatic heterocycles. The molecule has 4 nitrogen and oxygen atoms in total. The molecule has 0 spiro atoms. The van der Waals surface area contributed by atoms with Crippen molar-refractivity contribution in [2.45, 2.75) is 32.2 Å². The van der Waals surface area contributed by atoms with Crippen molar-refractivity contribution in [2.75, 3.05) is 0 Å². The summed E-state index contributed by atoms with van der Waals surface area (Å²) in [6, 6.07) is 1.31. The number of rotatable bonds is 1. The first-order valence-corrected chi connectivity index (χ1v) is 4.06. The highest BCUT2D eigenvalue weighted by Gasteiger charge is 2.25. The van der Waals surface area contributed by atoms with Crippen LogP contribution in [0.15, 0.2) is 10.8 Å². The molecule has 1 rings (SSSR count). The molecule has 0 bridgehead atoms. The second-order valence-corrected chi connectivity index (χ2v) is 3.98. The van der Waals surface area contributed by atoms with Crippen LogP contribution >= 0.6 is 0 Å². The van der Waals surface area contributed by atoms with E-state index in [2.05, 4.69) is 5.16 Å². The molecule has 0 aliphatic rings. The Labute approximate surface area is 77.3 Å². The number of nitrogens with two attached hydrogens (primary N) is 1. The molecule has 70 valence electrons. The number of hydrogen-bond acceptors (Lipinski definition) is 4. The van der Waals surface area contributed by atoms with Gasteiger partial charge in [-0.25, -0.2) is 0 Å². The third-order valence-corrected chi connectivity index (χ3v) is 1.78. The van der Waals surface area contributed by atoms with Crippen LogP contribution in [-0.2, 0) is 5.41 Å². The number of nitriles is 1. The van der Waals surface area contributed by atoms with Gasteiger partial charge in [0.05, 0.1) is 11.8 Å². The summed E-state index contributed by atoms with van der Waals surface area (Å²) in [6.45, 7) is 6.00. The normalized spacial score (nSPS) is 13.8. The van der Waals surface area contributed by atoms with Crippen LogP contribution in [0.4, 0.5) is 0 Å². The predicted octanol–water partition coefficient (Wildman–Crippen LogP) is 1.50. The van der Waals surface area contributed by atoms with Gasteiger partial charge < -0.3 is 10.3 Å². The van der Waals surface area contributed by atoms with E-state index in [1.165, 1.54) is 6.26 Å². The van der Waals surface area contributed by atoms with E-state index in [1.54, 1.807) is 0 Å². The molecular weight excluding hydrogens is 166 g/mol. The summed E-state index contributed by atoms with van der Waals surface area (Å²) in [4.78, 5) is 0. The second kappa shape index (κ2) is 3.19. The summed E-state index contributed by atoms with van der Waals surface area (Å²) >= 11 is 0. The lowest BCUT2D eigenvalue weighted by Gasteiger charge is -2.16. The van der Waals surface area contributed by atoms with Gasteiger partial charge in [0.2, 0.25) is 0 Å². The number of nitrogens with zero attached hydrogens (tertiary/aromatic N) is 2. The van der Waals surface area contributed by atoms with Crippen LogP contribution in [0.25, 0.3) is 0 Å². The SMILES string of the molecule is CC(C)(C)c1nocc1C(N)C#N. The first-order chi connectivity index (χ1) is 5.96. The zero-order valence-electron chi connectivity index (χ0n) is 8.03. The molecule has 0 saturated carbocycles. The fourth-order valence-corrected chi connectivity index (χ4v) is 1.10. The zero-order chi connectivity index (χ0) is 10.1. The highest BCUT2D eigenvalue weighted by atomic mass is 16.5. The van der Waals surface area contributed by atoms with E-state index in [1.807, 2.05) is 26.8 Å². The molecule has 1 unspecified atom stereocenters. The third kappa shape index (κ3) is 1.87. The van der Waals surface area contributed by atoms with Crippen LogP contribution in [0.5, 0.6) is 0 Å². The van der Waals surface area contributed by atoms with Crippen LogP contribution < -0.4 is 5.73 Å². The highest BCUT2D eigenvalue weighted by molar-refractivity contribution is 5.28. The molecule has 2 N–H and O–H groups in total. The molecule has 0 radical (unpaired) electrons. The average molecular weight is 179 g/mol. The van der Waals surface area contributed by atoms with Crippen LogP contribution in [0.1, 0.15) is 38.1 Å². The molecule has 0 aliphatic carbocycles. The van der Waals surface area contributed by atoms with Gasteiger partial charge in [-0.1, -0.05) is 25.9 Å². The summed E-state index contributed by atoms with van der Waals surface area (Å²) in [7, 11) is 0. The van der Waals surface area contributed by atoms with Gasteiger partial charge in [0.25, 0.3) is 0 Å². The van der Waals surface area contributed by atoms with E-state index in [-0.39, 0.29) is 5.41 Å². The van der Waals surface area contributed by atoms with Crippen molar-refractivity contribution < 1.29 is 4.52 Å². The summed E-state index contributed by atoms with van der Waals surface area (Å²) in [6.07, 6.45) is 1.44. The quantitative estimate of drug-likeness (QED) is 0.708. The van der Waals surface area contributed by atoms with Gasteiger partial charge in [-0.2, -0.15) is 5.26 Å². The van der Waals surface area contributed by atoms with Gasteiger partial charge in [-0.3, -0.25) is 0 Å². The maximum absolute atomic E-state index is 8.65. The maximum Gasteiger partial charge on any atom is 0.129 e. The molecule has 0 fully saturated rings. The summed E-state index contributed by atoms with van der Waals surface area (Å²) in [5.74, 6) is 0. The van der Waals surface area contributed by atoms with Gasteiger partial charge in [0, 0.05) is 11.0 Å². The molecule has 1 aromatic rings. The van der Waals surface area contributed by atoms with Crippen molar-refractivity contribution in [1.29, 1.82) is 5.26 Å². The lowest BCUT2D eigenvalue weighted by Crippen LogP contribution is -2.18. The number of aromatic nitrogens is 1. The first kappa shape index (κ1) is 9.75. The monoisotopic (exact) mass is 179 g/mol. The molecule has 1 aromatic heterocycles. The lowest BCUT2D eigenvalue weighted by molar-refractivity contribution is 0.393. The summed E-state index contributed by atoms with van der Waals surface area (Å²) in [5, 5.41) is 12.5. The standard InChI is InChI=1S/C9H13N3O/c1-9(2,3)8-6(5-13-12-8)7(11)4-10/h5,7H,11H2,1-3H3. The van der Waals surface area contributed by atoms with Crippen molar-refractivity contribution in [2.24, 2.45) is 5.73 Å². The van der Waals surface area contributed by atoms with Crippen molar-refractivity contribution in [1.82, 2.24) is 5.16 Å².